The second kappa shape index (κ2) is 3.72. The van der Waals surface area contributed by atoms with E-state index in [4.69, 9.17) is 0 Å². The van der Waals surface area contributed by atoms with Crippen molar-refractivity contribution in [3.05, 3.63) is 33.4 Å². The molecule has 8 heteroatoms. The molecule has 1 aliphatic heterocycles. The molecule has 5 nitrogen and oxygen atoms in total. The van der Waals surface area contributed by atoms with Crippen LogP contribution in [0.3, 0.4) is 0 Å². The summed E-state index contributed by atoms with van der Waals surface area (Å²) in [5.41, 5.74) is 0.176. The number of ether oxygens (including phenoxy) is 1. The molecule has 1 aliphatic rings. The number of halogens is 3. The zero-order valence-corrected chi connectivity index (χ0v) is 8.19. The van der Waals surface area contributed by atoms with E-state index in [2.05, 4.69) is 9.73 Å². The van der Waals surface area contributed by atoms with Crippen LogP contribution < -0.4 is 4.74 Å². The van der Waals surface area contributed by atoms with Crippen LogP contribution in [0.2, 0.25) is 0 Å². The van der Waals surface area contributed by atoms with E-state index in [1.165, 1.54) is 6.21 Å². The number of hydrogen-bond donors (Lipinski definition) is 0. The van der Waals surface area contributed by atoms with Crippen LogP contribution in [0.4, 0.5) is 18.9 Å². The standard InChI is InChI=1S/C9H5F3N2O3/c10-9(11,12)17-8-2-6-4-13-3-5(6)1-7(8)14(15)16/h1-3H,4H2. The zero-order chi connectivity index (χ0) is 12.6. The van der Waals surface area contributed by atoms with Crippen molar-refractivity contribution in [3.8, 4) is 5.75 Å². The average Bonchev–Trinajstić information content (AvgIpc) is 2.60. The molecule has 0 N–H and O–H groups in total. The lowest BCUT2D eigenvalue weighted by molar-refractivity contribution is -0.388. The van der Waals surface area contributed by atoms with Gasteiger partial charge in [0.15, 0.2) is 0 Å². The number of benzene rings is 1. The van der Waals surface area contributed by atoms with Crippen molar-refractivity contribution in [3.63, 3.8) is 0 Å². The van der Waals surface area contributed by atoms with Crippen LogP contribution in [0.5, 0.6) is 5.75 Å². The highest BCUT2D eigenvalue weighted by Gasteiger charge is 2.35. The first-order valence-electron chi connectivity index (χ1n) is 4.44. The Balaban J connectivity index is 2.47. The number of rotatable bonds is 2. The summed E-state index contributed by atoms with van der Waals surface area (Å²) >= 11 is 0. The molecule has 0 fully saturated rings. The number of nitro groups is 1. The Kier molecular flexibility index (Phi) is 2.49. The van der Waals surface area contributed by atoms with Crippen LogP contribution >= 0.6 is 0 Å². The van der Waals surface area contributed by atoms with E-state index in [-0.39, 0.29) is 6.54 Å². The fourth-order valence-electron chi connectivity index (χ4n) is 1.48. The van der Waals surface area contributed by atoms with Crippen molar-refractivity contribution in [2.45, 2.75) is 12.9 Å². The largest absolute Gasteiger partial charge is 0.573 e. The van der Waals surface area contributed by atoms with Crippen LogP contribution in [0, 0.1) is 10.1 Å². The van der Waals surface area contributed by atoms with Gasteiger partial charge in [0.25, 0.3) is 0 Å². The summed E-state index contributed by atoms with van der Waals surface area (Å²) in [6.07, 6.45) is -3.59. The molecule has 0 saturated carbocycles. The number of nitro benzene ring substituents is 1. The van der Waals surface area contributed by atoms with E-state index < -0.39 is 22.7 Å². The maximum atomic E-state index is 12.1. The van der Waals surface area contributed by atoms with Crippen LogP contribution in [-0.2, 0) is 6.54 Å². The van der Waals surface area contributed by atoms with E-state index in [9.17, 15) is 23.3 Å². The molecule has 1 aromatic rings. The number of alkyl halides is 3. The molecule has 0 aromatic heterocycles. The molecule has 0 aliphatic carbocycles. The van der Waals surface area contributed by atoms with E-state index in [1.807, 2.05) is 0 Å². The van der Waals surface area contributed by atoms with E-state index in [0.717, 1.165) is 12.1 Å². The minimum Gasteiger partial charge on any atom is -0.398 e. The number of aliphatic imine (C=N–C) groups is 1. The van der Waals surface area contributed by atoms with Gasteiger partial charge in [-0.05, 0) is 11.6 Å². The quantitative estimate of drug-likeness (QED) is 0.594. The molecule has 0 atom stereocenters. The maximum Gasteiger partial charge on any atom is 0.573 e. The first-order valence-corrected chi connectivity index (χ1v) is 4.44. The molecule has 2 rings (SSSR count). The van der Waals surface area contributed by atoms with Gasteiger partial charge in [-0.1, -0.05) is 0 Å². The highest BCUT2D eigenvalue weighted by atomic mass is 19.4. The Morgan fingerprint density at radius 2 is 2.12 bits per heavy atom. The number of fused-ring (bicyclic) bond motifs is 1. The predicted octanol–water partition coefficient (Wildman–Crippen LogP) is 2.43. The fraction of sp³-hybridized carbons (Fsp3) is 0.222. The molecule has 0 saturated heterocycles. The molecule has 0 spiro atoms. The summed E-state index contributed by atoms with van der Waals surface area (Å²) in [6.45, 7) is 0.196. The molecule has 90 valence electrons. The van der Waals surface area contributed by atoms with E-state index in [0.29, 0.717) is 11.1 Å². The highest BCUT2D eigenvalue weighted by molar-refractivity contribution is 5.86. The highest BCUT2D eigenvalue weighted by Crippen LogP contribution is 2.35. The van der Waals surface area contributed by atoms with Crippen molar-refractivity contribution in [1.29, 1.82) is 0 Å². The van der Waals surface area contributed by atoms with Gasteiger partial charge in [0, 0.05) is 17.8 Å². The summed E-state index contributed by atoms with van der Waals surface area (Å²) in [4.78, 5) is 13.5. The van der Waals surface area contributed by atoms with Gasteiger partial charge < -0.3 is 4.74 Å². The molecule has 0 amide bonds. The summed E-state index contributed by atoms with van der Waals surface area (Å²) in [7, 11) is 0. The minimum atomic E-state index is -4.96. The summed E-state index contributed by atoms with van der Waals surface area (Å²) < 4.78 is 39.8. The second-order valence-corrected chi connectivity index (χ2v) is 3.29. The van der Waals surface area contributed by atoms with Gasteiger partial charge in [-0.3, -0.25) is 15.1 Å². The SMILES string of the molecule is O=[N+]([O-])c1cc2c(cc1OC(F)(F)F)CN=C2. The molecule has 1 heterocycles. The molecule has 1 aromatic carbocycles. The molecular weight excluding hydrogens is 241 g/mol. The molecule has 0 unspecified atom stereocenters. The van der Waals surface area contributed by atoms with Gasteiger partial charge in [0.2, 0.25) is 5.75 Å². The smallest absolute Gasteiger partial charge is 0.398 e. The lowest BCUT2D eigenvalue weighted by Crippen LogP contribution is -2.18. The monoisotopic (exact) mass is 246 g/mol. The second-order valence-electron chi connectivity index (χ2n) is 3.29. The van der Waals surface area contributed by atoms with Gasteiger partial charge in [-0.25, -0.2) is 0 Å². The van der Waals surface area contributed by atoms with Crippen LogP contribution in [-0.4, -0.2) is 17.5 Å². The lowest BCUT2D eigenvalue weighted by atomic mass is 10.1. The van der Waals surface area contributed by atoms with Crippen molar-refractivity contribution in [2.24, 2.45) is 4.99 Å². The lowest BCUT2D eigenvalue weighted by Gasteiger charge is -2.10. The number of hydrogen-bond acceptors (Lipinski definition) is 4. The summed E-state index contributed by atoms with van der Waals surface area (Å²) in [5.74, 6) is -0.813. The Bertz CT molecular complexity index is 511. The summed E-state index contributed by atoms with van der Waals surface area (Å²) in [6, 6.07) is 2.01. The van der Waals surface area contributed by atoms with Gasteiger partial charge >= 0.3 is 12.0 Å². The maximum absolute atomic E-state index is 12.1. The normalized spacial score (nSPS) is 13.6. The van der Waals surface area contributed by atoms with Gasteiger partial charge in [-0.2, -0.15) is 0 Å². The fourth-order valence-corrected chi connectivity index (χ4v) is 1.48. The van der Waals surface area contributed by atoms with Crippen molar-refractivity contribution >= 4 is 11.9 Å². The first kappa shape index (κ1) is 11.4. The zero-order valence-electron chi connectivity index (χ0n) is 8.19. The third kappa shape index (κ3) is 2.35. The van der Waals surface area contributed by atoms with Crippen LogP contribution in [0.15, 0.2) is 17.1 Å². The van der Waals surface area contributed by atoms with Crippen molar-refractivity contribution < 1.29 is 22.8 Å². The van der Waals surface area contributed by atoms with Crippen LogP contribution in [0.25, 0.3) is 0 Å². The third-order valence-electron chi connectivity index (χ3n) is 2.14. The Hall–Kier alpha value is -2.12. The molecule has 17 heavy (non-hydrogen) atoms. The topological polar surface area (TPSA) is 64.7 Å². The minimum absolute atomic E-state index is 0.196. The third-order valence-corrected chi connectivity index (χ3v) is 2.14. The number of nitrogens with zero attached hydrogens (tertiary/aromatic N) is 2. The van der Waals surface area contributed by atoms with E-state index in [1.54, 1.807) is 0 Å². The summed E-state index contributed by atoms with van der Waals surface area (Å²) in [5, 5.41) is 10.6. The molecule has 0 radical (unpaired) electrons. The Morgan fingerprint density at radius 1 is 1.41 bits per heavy atom. The van der Waals surface area contributed by atoms with Crippen LogP contribution in [0.1, 0.15) is 11.1 Å². The predicted molar refractivity (Wildman–Crippen MR) is 51.1 cm³/mol. The van der Waals surface area contributed by atoms with Gasteiger partial charge in [-0.15, -0.1) is 13.2 Å². The Labute approximate surface area is 92.7 Å². The van der Waals surface area contributed by atoms with Crippen molar-refractivity contribution in [2.75, 3.05) is 0 Å². The van der Waals surface area contributed by atoms with E-state index >= 15 is 0 Å². The Morgan fingerprint density at radius 3 is 2.71 bits per heavy atom. The molecular formula is C9H5F3N2O3. The molecule has 0 bridgehead atoms. The van der Waals surface area contributed by atoms with Gasteiger partial charge in [0.1, 0.15) is 0 Å². The van der Waals surface area contributed by atoms with Crippen molar-refractivity contribution in [1.82, 2.24) is 0 Å². The van der Waals surface area contributed by atoms with Gasteiger partial charge in [0.05, 0.1) is 11.5 Å². The average molecular weight is 246 g/mol. The first-order chi connectivity index (χ1) is 7.87.